The summed E-state index contributed by atoms with van der Waals surface area (Å²) in [6.07, 6.45) is 3.44. The van der Waals surface area contributed by atoms with Crippen molar-refractivity contribution >= 4 is 23.4 Å². The lowest BCUT2D eigenvalue weighted by Gasteiger charge is -2.05. The monoisotopic (exact) mass is 250 g/mol. The van der Waals surface area contributed by atoms with Gasteiger partial charge in [-0.2, -0.15) is 0 Å². The maximum atomic E-state index is 10.8. The van der Waals surface area contributed by atoms with E-state index in [1.807, 2.05) is 7.05 Å². The van der Waals surface area contributed by atoms with Gasteiger partial charge in [-0.25, -0.2) is 14.8 Å². The van der Waals surface area contributed by atoms with Crippen molar-refractivity contribution in [2.24, 2.45) is 7.05 Å². The summed E-state index contributed by atoms with van der Waals surface area (Å²) in [5.41, 5.74) is 6.14. The lowest BCUT2D eigenvalue weighted by molar-refractivity contribution is 0.0690. The molecular formula is C10H10N4O2S. The van der Waals surface area contributed by atoms with Gasteiger partial charge in [-0.1, -0.05) is 0 Å². The lowest BCUT2D eigenvalue weighted by Crippen LogP contribution is -2.03. The molecule has 0 bridgehead atoms. The molecule has 2 aromatic rings. The Labute approximate surface area is 101 Å². The second-order valence-corrected chi connectivity index (χ2v) is 4.27. The Hall–Kier alpha value is -2.02. The van der Waals surface area contributed by atoms with Crippen LogP contribution in [0.5, 0.6) is 0 Å². The number of carbonyl (C=O) groups is 1. The number of carboxylic acids is 1. The second-order valence-electron chi connectivity index (χ2n) is 3.32. The number of nitrogens with two attached hydrogens (primary N) is 1. The molecule has 0 radical (unpaired) electrons. The number of aryl methyl sites for hydroxylation is 1. The van der Waals surface area contributed by atoms with Gasteiger partial charge in [0.25, 0.3) is 0 Å². The number of anilines is 1. The highest BCUT2D eigenvalue weighted by Crippen LogP contribution is 2.28. The molecule has 88 valence electrons. The van der Waals surface area contributed by atoms with E-state index >= 15 is 0 Å². The zero-order valence-corrected chi connectivity index (χ0v) is 9.81. The highest BCUT2D eigenvalue weighted by atomic mass is 32.2. The minimum atomic E-state index is -1.08. The van der Waals surface area contributed by atoms with Crippen LogP contribution >= 0.6 is 11.8 Å². The van der Waals surface area contributed by atoms with Crippen LogP contribution in [-0.4, -0.2) is 25.6 Å². The van der Waals surface area contributed by atoms with Crippen molar-refractivity contribution in [3.8, 4) is 0 Å². The van der Waals surface area contributed by atoms with Crippen molar-refractivity contribution in [3.63, 3.8) is 0 Å². The highest BCUT2D eigenvalue weighted by Gasteiger charge is 2.11. The lowest BCUT2D eigenvalue weighted by atomic mass is 10.3. The smallest absolute Gasteiger partial charge is 0.354 e. The largest absolute Gasteiger partial charge is 0.477 e. The van der Waals surface area contributed by atoms with Crippen LogP contribution in [0.1, 0.15) is 10.5 Å². The fourth-order valence-electron chi connectivity index (χ4n) is 1.19. The zero-order valence-electron chi connectivity index (χ0n) is 8.99. The second kappa shape index (κ2) is 4.46. The first kappa shape index (κ1) is 11.5. The van der Waals surface area contributed by atoms with Crippen molar-refractivity contribution in [1.29, 1.82) is 0 Å². The number of aromatic nitrogens is 3. The van der Waals surface area contributed by atoms with Gasteiger partial charge in [0.1, 0.15) is 10.7 Å². The Morgan fingerprint density at radius 2 is 2.29 bits per heavy atom. The van der Waals surface area contributed by atoms with Crippen molar-refractivity contribution in [2.45, 2.75) is 10.2 Å². The third-order valence-electron chi connectivity index (χ3n) is 2.07. The molecule has 0 atom stereocenters. The van der Waals surface area contributed by atoms with Gasteiger partial charge in [0, 0.05) is 19.4 Å². The maximum absolute atomic E-state index is 10.8. The van der Waals surface area contributed by atoms with E-state index in [0.29, 0.717) is 15.9 Å². The minimum Gasteiger partial charge on any atom is -0.477 e. The molecule has 2 heterocycles. The average Bonchev–Trinajstić information content (AvgIpc) is 2.67. The maximum Gasteiger partial charge on any atom is 0.354 e. The normalized spacial score (nSPS) is 10.4. The molecule has 2 aromatic heterocycles. The Bertz CT molecular complexity index is 567. The Morgan fingerprint density at radius 3 is 2.88 bits per heavy atom. The van der Waals surface area contributed by atoms with Crippen molar-refractivity contribution in [3.05, 3.63) is 30.2 Å². The van der Waals surface area contributed by atoms with Gasteiger partial charge in [0.2, 0.25) is 0 Å². The predicted octanol–water partition coefficient (Wildman–Crippen LogP) is 1.25. The van der Waals surface area contributed by atoms with E-state index in [4.69, 9.17) is 10.8 Å². The molecule has 2 rings (SSSR count). The molecule has 0 aliphatic carbocycles. The van der Waals surface area contributed by atoms with Gasteiger partial charge in [0.05, 0.1) is 5.69 Å². The number of imidazole rings is 1. The quantitative estimate of drug-likeness (QED) is 0.851. The number of nitrogen functional groups attached to an aromatic ring is 1. The molecule has 0 fully saturated rings. The van der Waals surface area contributed by atoms with E-state index in [9.17, 15) is 4.79 Å². The fourth-order valence-corrected chi connectivity index (χ4v) is 2.01. The summed E-state index contributed by atoms with van der Waals surface area (Å²) in [7, 11) is 1.84. The summed E-state index contributed by atoms with van der Waals surface area (Å²) in [4.78, 5) is 18.9. The Morgan fingerprint density at radius 1 is 1.53 bits per heavy atom. The van der Waals surface area contributed by atoms with Crippen LogP contribution < -0.4 is 5.73 Å². The van der Waals surface area contributed by atoms with Crippen LogP contribution in [0.2, 0.25) is 0 Å². The van der Waals surface area contributed by atoms with Gasteiger partial charge in [0.15, 0.2) is 5.16 Å². The number of hydrogen-bond donors (Lipinski definition) is 2. The van der Waals surface area contributed by atoms with Crippen LogP contribution in [0.15, 0.2) is 34.7 Å². The van der Waals surface area contributed by atoms with Crippen LogP contribution in [0.25, 0.3) is 0 Å². The third-order valence-corrected chi connectivity index (χ3v) is 3.17. The van der Waals surface area contributed by atoms with Crippen LogP contribution in [0.3, 0.4) is 0 Å². The van der Waals surface area contributed by atoms with Crippen LogP contribution in [0.4, 0.5) is 5.69 Å². The summed E-state index contributed by atoms with van der Waals surface area (Å²) in [6, 6.07) is 2.90. The molecule has 0 saturated carbocycles. The SMILES string of the molecule is Cn1ccnc1Sc1nc(C(=O)O)ccc1N. The minimum absolute atomic E-state index is 0.0316. The van der Waals surface area contributed by atoms with Gasteiger partial charge < -0.3 is 15.4 Å². The van der Waals surface area contributed by atoms with E-state index in [1.54, 1.807) is 17.0 Å². The zero-order chi connectivity index (χ0) is 12.4. The summed E-state index contributed by atoms with van der Waals surface area (Å²) >= 11 is 1.23. The number of rotatable bonds is 3. The summed E-state index contributed by atoms with van der Waals surface area (Å²) < 4.78 is 1.80. The van der Waals surface area contributed by atoms with Gasteiger partial charge in [-0.15, -0.1) is 0 Å². The molecule has 0 aliphatic heterocycles. The average molecular weight is 250 g/mol. The molecule has 0 spiro atoms. The number of hydrogen-bond acceptors (Lipinski definition) is 5. The molecule has 17 heavy (non-hydrogen) atoms. The number of pyridine rings is 1. The standard InChI is InChI=1S/C10H10N4O2S/c1-14-5-4-12-10(14)17-8-6(11)2-3-7(13-8)9(15)16/h2-5H,11H2,1H3,(H,15,16). The van der Waals surface area contributed by atoms with E-state index in [1.165, 1.54) is 23.9 Å². The van der Waals surface area contributed by atoms with E-state index in [-0.39, 0.29) is 5.69 Å². The molecular weight excluding hydrogens is 240 g/mol. The third kappa shape index (κ3) is 2.39. The fraction of sp³-hybridized carbons (Fsp3) is 0.100. The van der Waals surface area contributed by atoms with Crippen LogP contribution in [0, 0.1) is 0 Å². The van der Waals surface area contributed by atoms with Crippen molar-refractivity contribution in [1.82, 2.24) is 14.5 Å². The Balaban J connectivity index is 2.35. The van der Waals surface area contributed by atoms with E-state index in [2.05, 4.69) is 9.97 Å². The van der Waals surface area contributed by atoms with Crippen LogP contribution in [-0.2, 0) is 7.05 Å². The number of carboxylic acid groups (broad SMARTS) is 1. The van der Waals surface area contributed by atoms with Gasteiger partial charge >= 0.3 is 5.97 Å². The molecule has 6 nitrogen and oxygen atoms in total. The highest BCUT2D eigenvalue weighted by molar-refractivity contribution is 7.99. The molecule has 0 aliphatic rings. The number of aromatic carboxylic acids is 1. The molecule has 0 amide bonds. The summed E-state index contributed by atoms with van der Waals surface area (Å²) in [5, 5.41) is 9.99. The first-order valence-electron chi connectivity index (χ1n) is 4.73. The predicted molar refractivity (Wildman–Crippen MR) is 62.9 cm³/mol. The molecule has 0 aromatic carbocycles. The summed E-state index contributed by atoms with van der Waals surface area (Å²) in [5.74, 6) is -1.08. The Kier molecular flexibility index (Phi) is 3.01. The van der Waals surface area contributed by atoms with E-state index < -0.39 is 5.97 Å². The first-order valence-corrected chi connectivity index (χ1v) is 5.54. The van der Waals surface area contributed by atoms with Gasteiger partial charge in [-0.05, 0) is 23.9 Å². The topological polar surface area (TPSA) is 94.0 Å². The molecule has 0 saturated heterocycles. The number of nitrogens with zero attached hydrogens (tertiary/aromatic N) is 3. The molecule has 7 heteroatoms. The van der Waals surface area contributed by atoms with Crippen molar-refractivity contribution in [2.75, 3.05) is 5.73 Å². The summed E-state index contributed by atoms with van der Waals surface area (Å²) in [6.45, 7) is 0. The van der Waals surface area contributed by atoms with E-state index in [0.717, 1.165) is 0 Å². The molecule has 3 N–H and O–H groups in total. The van der Waals surface area contributed by atoms with Gasteiger partial charge in [-0.3, -0.25) is 0 Å². The van der Waals surface area contributed by atoms with Crippen molar-refractivity contribution < 1.29 is 9.90 Å². The molecule has 0 unspecified atom stereocenters. The first-order chi connectivity index (χ1) is 8.08.